The van der Waals surface area contributed by atoms with Gasteiger partial charge in [0.25, 0.3) is 0 Å². The molecule has 0 amide bonds. The van der Waals surface area contributed by atoms with Gasteiger partial charge in [-0.3, -0.25) is 34.2 Å². The number of hydrogen-bond donors (Lipinski definition) is 6. The Morgan fingerprint density at radius 1 is 0.575 bits per heavy atom. The second kappa shape index (κ2) is 25.9. The van der Waals surface area contributed by atoms with Crippen molar-refractivity contribution < 1.29 is 147 Å². The number of benzene rings is 5. The maximum absolute atomic E-state index is 14.4. The predicted octanol–water partition coefficient (Wildman–Crippen LogP) is 4.29. The van der Waals surface area contributed by atoms with Gasteiger partial charge in [-0.2, -0.15) is 0 Å². The molecule has 10 atom stereocenters. The Labute approximate surface area is 491 Å². The van der Waals surface area contributed by atoms with Crippen molar-refractivity contribution >= 4 is 47.3 Å². The average molecular weight is 1280 g/mol. The van der Waals surface area contributed by atoms with Gasteiger partial charge in [-0.25, -0.2) is 28.1 Å². The van der Waals surface area contributed by atoms with Crippen molar-refractivity contribution in [2.24, 2.45) is 11.8 Å². The van der Waals surface area contributed by atoms with Gasteiger partial charge in [0, 0.05) is 11.8 Å². The molecular weight excluding hydrogens is 1230 g/mol. The summed E-state index contributed by atoms with van der Waals surface area (Å²) < 4.78 is 137. The smallest absolute Gasteiger partial charge is 0.493 e. The highest BCUT2D eigenvalue weighted by atomic mass is 31.2. The van der Waals surface area contributed by atoms with E-state index in [9.17, 15) is 52.4 Å². The van der Waals surface area contributed by atoms with E-state index in [1.165, 1.54) is 99.1 Å². The van der Waals surface area contributed by atoms with Crippen LogP contribution in [0.25, 0.3) is 0 Å². The summed E-state index contributed by atoms with van der Waals surface area (Å²) in [7, 11) is -12.0. The van der Waals surface area contributed by atoms with Gasteiger partial charge in [0.15, 0.2) is 67.6 Å². The topological polar surface area (TPSA) is 407 Å². The third-order valence-corrected chi connectivity index (χ3v) is 15.0. The quantitative estimate of drug-likeness (QED) is 0.0230. The number of rotatable bonds is 23. The fourth-order valence-electron chi connectivity index (χ4n) is 10.2. The summed E-state index contributed by atoms with van der Waals surface area (Å²) in [4.78, 5) is 111. The number of cyclic esters (lactones) is 1. The highest BCUT2D eigenvalue weighted by Gasteiger charge is 2.58. The van der Waals surface area contributed by atoms with E-state index in [4.69, 9.17) is 80.8 Å². The number of fused-ring (bicyclic) bond motifs is 4. The molecule has 0 spiro atoms. The van der Waals surface area contributed by atoms with E-state index in [-0.39, 0.29) is 83.3 Å². The summed E-state index contributed by atoms with van der Waals surface area (Å²) in [6, 6.07) is 21.2. The Hall–Kier alpha value is -7.73. The Bertz CT molecular complexity index is 3470. The van der Waals surface area contributed by atoms with E-state index in [0.717, 1.165) is 0 Å². The van der Waals surface area contributed by atoms with Crippen LogP contribution in [0.2, 0.25) is 0 Å². The van der Waals surface area contributed by atoms with Crippen LogP contribution in [-0.4, -0.2) is 144 Å². The number of carbonyl (C=O) groups is 4. The molecule has 3 saturated heterocycles. The number of phosphoric acid groups is 3. The SMILES string of the molecule is COc1cc([C@@H]2c3cc4c(cc3[C@@H](O[C@@H]3O[C@@H]5CO[C@@H](C)O[C@H]5[C@H](OC(=O)COc5ccc(OP(=O)(O)O)cc5)[C@H]3OC(=O)COc3ccc(OP(=O)(O)O)cc3)[C@H]3COC(=O)[C@H]23)OCO4)cc(OC)c1OC(=O)COc1ccc(OP(=O)(O)O)cc1. The maximum Gasteiger partial charge on any atom is 0.524 e. The summed E-state index contributed by atoms with van der Waals surface area (Å²) in [5.74, 6) is -6.64. The van der Waals surface area contributed by atoms with Gasteiger partial charge in [-0.05, 0) is 121 Å². The monoisotopic (exact) mass is 1280 g/mol. The molecule has 1 aliphatic carbocycles. The van der Waals surface area contributed by atoms with Crippen LogP contribution < -0.4 is 51.5 Å². The van der Waals surface area contributed by atoms with Gasteiger partial charge >= 0.3 is 47.3 Å². The van der Waals surface area contributed by atoms with Crippen LogP contribution in [0.1, 0.15) is 35.6 Å². The van der Waals surface area contributed by atoms with Crippen molar-refractivity contribution in [3.05, 3.63) is 114 Å². The van der Waals surface area contributed by atoms with Crippen LogP contribution in [0.4, 0.5) is 0 Å². The van der Waals surface area contributed by atoms with Crippen LogP contribution in [0.15, 0.2) is 97.1 Å². The lowest BCUT2D eigenvalue weighted by Gasteiger charge is -2.49. The molecule has 31 nitrogen and oxygen atoms in total. The van der Waals surface area contributed by atoms with Crippen LogP contribution in [0.5, 0.6) is 63.2 Å². The third-order valence-electron chi connectivity index (χ3n) is 13.6. The van der Waals surface area contributed by atoms with E-state index < -0.39 is 128 Å². The highest BCUT2D eigenvalue weighted by Crippen LogP contribution is 2.57. The molecular formula is C53H53O31P3. The van der Waals surface area contributed by atoms with Crippen LogP contribution >= 0.6 is 23.5 Å². The molecule has 0 bridgehead atoms. The molecule has 0 radical (unpaired) electrons. The fourth-order valence-corrected chi connectivity index (χ4v) is 11.4. The first-order valence-electron chi connectivity index (χ1n) is 25.8. The minimum absolute atomic E-state index is 0.0205. The molecule has 466 valence electrons. The van der Waals surface area contributed by atoms with Gasteiger partial charge in [-0.15, -0.1) is 0 Å². The van der Waals surface area contributed by atoms with E-state index >= 15 is 0 Å². The largest absolute Gasteiger partial charge is 0.524 e. The first-order chi connectivity index (χ1) is 41.4. The van der Waals surface area contributed by atoms with Crippen LogP contribution in [0, 0.1) is 11.8 Å². The van der Waals surface area contributed by atoms with E-state index in [0.29, 0.717) is 16.7 Å². The number of methoxy groups -OCH3 is 2. The lowest BCUT2D eigenvalue weighted by atomic mass is 9.66. The van der Waals surface area contributed by atoms with E-state index in [2.05, 4.69) is 13.6 Å². The zero-order valence-corrected chi connectivity index (χ0v) is 48.2. The first kappa shape index (κ1) is 62.3. The Morgan fingerprint density at radius 3 is 1.52 bits per heavy atom. The Morgan fingerprint density at radius 2 is 1.03 bits per heavy atom. The number of phosphoric ester groups is 3. The third kappa shape index (κ3) is 15.3. The minimum atomic E-state index is -4.91. The number of ether oxygens (including phenoxy) is 15. The Balaban J connectivity index is 0.959. The summed E-state index contributed by atoms with van der Waals surface area (Å²) in [6.45, 7) is -1.29. The molecule has 3 fully saturated rings. The van der Waals surface area contributed by atoms with E-state index in [1.807, 2.05) is 0 Å². The van der Waals surface area contributed by atoms with Crippen LogP contribution in [-0.2, 0) is 66.0 Å². The molecule has 34 heteroatoms. The lowest BCUT2D eigenvalue weighted by molar-refractivity contribution is -0.366. The summed E-state index contributed by atoms with van der Waals surface area (Å²) >= 11 is 0. The molecule has 5 aromatic carbocycles. The second-order valence-electron chi connectivity index (χ2n) is 19.4. The van der Waals surface area contributed by atoms with Crippen molar-refractivity contribution in [1.82, 2.24) is 0 Å². The predicted molar refractivity (Wildman–Crippen MR) is 284 cm³/mol. The summed E-state index contributed by atoms with van der Waals surface area (Å²) in [5, 5.41) is 0. The van der Waals surface area contributed by atoms with Crippen LogP contribution in [0.3, 0.4) is 0 Å². The van der Waals surface area contributed by atoms with Crippen molar-refractivity contribution in [3.8, 4) is 63.2 Å². The lowest BCUT2D eigenvalue weighted by Crippen LogP contribution is -2.65. The normalized spacial score (nSPS) is 23.7. The summed E-state index contributed by atoms with van der Waals surface area (Å²) in [6.07, 6.45) is -9.49. The van der Waals surface area contributed by atoms with Crippen molar-refractivity contribution in [2.75, 3.05) is 54.0 Å². The van der Waals surface area contributed by atoms with Gasteiger partial charge in [-0.1, -0.05) is 0 Å². The fraction of sp³-hybridized carbons (Fsp3) is 0.358. The summed E-state index contributed by atoms with van der Waals surface area (Å²) in [5.41, 5.74) is 1.21. The second-order valence-corrected chi connectivity index (χ2v) is 22.9. The molecule has 5 aliphatic rings. The first-order valence-corrected chi connectivity index (χ1v) is 30.4. The molecule has 4 aliphatic heterocycles. The zero-order chi connectivity index (χ0) is 62.0. The highest BCUT2D eigenvalue weighted by molar-refractivity contribution is 7.47. The Kier molecular flexibility index (Phi) is 18.6. The minimum Gasteiger partial charge on any atom is -0.493 e. The van der Waals surface area contributed by atoms with Gasteiger partial charge in [0.2, 0.25) is 12.5 Å². The maximum atomic E-state index is 14.4. The van der Waals surface area contributed by atoms with Crippen molar-refractivity contribution in [3.63, 3.8) is 0 Å². The molecule has 10 rings (SSSR count). The number of esters is 4. The molecule has 87 heavy (non-hydrogen) atoms. The number of hydrogen-bond acceptors (Lipinski definition) is 25. The zero-order valence-electron chi connectivity index (χ0n) is 45.5. The number of carbonyl (C=O) groups excluding carboxylic acids is 4. The molecule has 5 aromatic rings. The molecule has 6 N–H and O–H groups in total. The van der Waals surface area contributed by atoms with Crippen molar-refractivity contribution in [1.29, 1.82) is 0 Å². The standard InChI is InChI=1S/C53H53O31P3/c1-26-69-21-41-49(76-26)50(79-43(55)23-71-29-6-12-32(13-7-29)83-86(61,62)63)51(80-44(56)24-72-30-8-14-33(15-9-30)84-87(64,65)66)53(77-41)81-47-35-19-38-37(74-25-75-38)18-34(35)45(46-36(47)20-73-52(46)57)27-16-39(67-2)48(40(17-27)68-3)78-42(54)22-70-28-4-10-31(11-5-28)82-85(58,59)60/h4-19,26,36,41,45-47,49-51,53H,20-25H2,1-3H3,(H2,58,59,60)(H2,61,62,63)(H2,64,65,66)/t26-,36+,41-,45-,46+,47-,49-,50+,51-,53+/m1/s1. The molecule has 0 aromatic heterocycles. The molecule has 0 unspecified atom stereocenters. The van der Waals surface area contributed by atoms with Gasteiger partial charge < -0.3 is 84.6 Å². The van der Waals surface area contributed by atoms with Crippen molar-refractivity contribution in [2.45, 2.75) is 55.9 Å². The molecule has 0 saturated carbocycles. The average Bonchev–Trinajstić information content (AvgIpc) is 1.74. The van der Waals surface area contributed by atoms with Gasteiger partial charge in [0.05, 0.1) is 39.5 Å². The van der Waals surface area contributed by atoms with E-state index in [1.54, 1.807) is 19.1 Å². The molecule has 4 heterocycles. The van der Waals surface area contributed by atoms with Gasteiger partial charge in [0.1, 0.15) is 46.7 Å².